The SMILES string of the molecule is CCC/C=C\CCCCCCCC(=O)OCC(COC(=O)CCCCCCCCC/C=C\C/C=C\CCCCCC)OC(=O)CCCCCCCCC/C=C\CCCCCCCC. The fraction of sp³-hybridized carbons (Fsp3) is 0.807. The first-order valence-electron chi connectivity index (χ1n) is 27.1. The quantitative estimate of drug-likeness (QED) is 0.0262. The van der Waals surface area contributed by atoms with Gasteiger partial charge < -0.3 is 14.2 Å². The predicted molar refractivity (Wildman–Crippen MR) is 270 cm³/mol. The van der Waals surface area contributed by atoms with Crippen LogP contribution < -0.4 is 0 Å². The van der Waals surface area contributed by atoms with E-state index >= 15 is 0 Å². The van der Waals surface area contributed by atoms with E-state index in [-0.39, 0.29) is 31.1 Å². The van der Waals surface area contributed by atoms with E-state index in [2.05, 4.69) is 69.4 Å². The number of esters is 3. The van der Waals surface area contributed by atoms with Crippen LogP contribution in [-0.2, 0) is 28.6 Å². The number of unbranched alkanes of at least 4 members (excludes halogenated alkanes) is 30. The standard InChI is InChI=1S/C57H102O6/c1-4-7-10-13-16-19-22-24-26-28-30-31-33-35-38-41-44-47-50-56(59)62-53-54(52-61-55(58)49-46-43-40-37-21-18-15-12-9-6-3)63-57(60)51-48-45-42-39-36-34-32-29-27-25-23-20-17-14-11-8-5-2/h12,15,19,22,25-28,54H,4-11,13-14,16-18,20-21,23-24,29-53H2,1-3H3/b15-12-,22-19-,27-25-,28-26-. The second-order valence-electron chi connectivity index (χ2n) is 18.1. The van der Waals surface area contributed by atoms with Gasteiger partial charge in [0, 0.05) is 19.3 Å². The van der Waals surface area contributed by atoms with Crippen molar-refractivity contribution >= 4 is 17.9 Å². The van der Waals surface area contributed by atoms with Crippen molar-refractivity contribution in [1.82, 2.24) is 0 Å². The molecule has 0 spiro atoms. The van der Waals surface area contributed by atoms with Gasteiger partial charge in [-0.15, -0.1) is 0 Å². The molecule has 63 heavy (non-hydrogen) atoms. The molecule has 0 aliphatic rings. The van der Waals surface area contributed by atoms with Crippen LogP contribution in [0.15, 0.2) is 48.6 Å². The number of ether oxygens (including phenoxy) is 3. The summed E-state index contributed by atoms with van der Waals surface area (Å²) in [5.41, 5.74) is 0. The third-order valence-corrected chi connectivity index (χ3v) is 11.8. The van der Waals surface area contributed by atoms with Gasteiger partial charge in [-0.2, -0.15) is 0 Å². The van der Waals surface area contributed by atoms with Crippen LogP contribution >= 0.6 is 0 Å². The maximum atomic E-state index is 12.8. The Morgan fingerprint density at radius 2 is 0.603 bits per heavy atom. The molecule has 0 saturated carbocycles. The number of carbonyl (C=O) groups is 3. The first kappa shape index (κ1) is 60.4. The highest BCUT2D eigenvalue weighted by atomic mass is 16.6. The largest absolute Gasteiger partial charge is 0.462 e. The molecule has 0 bridgehead atoms. The molecule has 0 aromatic carbocycles. The zero-order valence-electron chi connectivity index (χ0n) is 41.8. The summed E-state index contributed by atoms with van der Waals surface area (Å²) in [6, 6.07) is 0. The van der Waals surface area contributed by atoms with Gasteiger partial charge in [-0.1, -0.05) is 211 Å². The first-order chi connectivity index (χ1) is 31.0. The van der Waals surface area contributed by atoms with Crippen LogP contribution in [0, 0.1) is 0 Å². The van der Waals surface area contributed by atoms with Crippen molar-refractivity contribution in [3.05, 3.63) is 48.6 Å². The Hall–Kier alpha value is -2.63. The smallest absolute Gasteiger partial charge is 0.306 e. The van der Waals surface area contributed by atoms with Crippen molar-refractivity contribution in [1.29, 1.82) is 0 Å². The van der Waals surface area contributed by atoms with E-state index in [0.29, 0.717) is 19.3 Å². The van der Waals surface area contributed by atoms with E-state index in [4.69, 9.17) is 14.2 Å². The molecule has 0 aliphatic carbocycles. The highest BCUT2D eigenvalue weighted by Crippen LogP contribution is 2.15. The van der Waals surface area contributed by atoms with Crippen LogP contribution in [0.5, 0.6) is 0 Å². The Kier molecular flexibility index (Phi) is 49.8. The Bertz CT molecular complexity index is 1110. The van der Waals surface area contributed by atoms with E-state index in [1.54, 1.807) is 0 Å². The van der Waals surface area contributed by atoms with Crippen LogP contribution in [0.1, 0.15) is 278 Å². The summed E-state index contributed by atoms with van der Waals surface area (Å²) in [5.74, 6) is -0.895. The van der Waals surface area contributed by atoms with Crippen molar-refractivity contribution in [3.8, 4) is 0 Å². The Morgan fingerprint density at radius 1 is 0.317 bits per heavy atom. The Labute approximate surface area is 390 Å². The summed E-state index contributed by atoms with van der Waals surface area (Å²) in [6.07, 6.45) is 62.4. The molecule has 0 radical (unpaired) electrons. The van der Waals surface area contributed by atoms with Gasteiger partial charge in [0.25, 0.3) is 0 Å². The lowest BCUT2D eigenvalue weighted by Gasteiger charge is -2.18. The summed E-state index contributed by atoms with van der Waals surface area (Å²) < 4.78 is 16.8. The van der Waals surface area contributed by atoms with E-state index in [1.165, 1.54) is 154 Å². The third kappa shape index (κ3) is 50.2. The lowest BCUT2D eigenvalue weighted by Crippen LogP contribution is -2.30. The second-order valence-corrected chi connectivity index (χ2v) is 18.1. The minimum atomic E-state index is -0.780. The number of hydrogen-bond donors (Lipinski definition) is 0. The zero-order valence-corrected chi connectivity index (χ0v) is 41.8. The molecule has 0 aliphatic heterocycles. The summed E-state index contributed by atoms with van der Waals surface area (Å²) in [6.45, 7) is 6.56. The lowest BCUT2D eigenvalue weighted by atomic mass is 10.1. The number of carbonyl (C=O) groups excluding carboxylic acids is 3. The van der Waals surface area contributed by atoms with Gasteiger partial charge in [0.2, 0.25) is 0 Å². The van der Waals surface area contributed by atoms with Gasteiger partial charge in [0.15, 0.2) is 6.10 Å². The van der Waals surface area contributed by atoms with Crippen LogP contribution in [-0.4, -0.2) is 37.2 Å². The highest BCUT2D eigenvalue weighted by molar-refractivity contribution is 5.71. The maximum Gasteiger partial charge on any atom is 0.306 e. The third-order valence-electron chi connectivity index (χ3n) is 11.8. The maximum absolute atomic E-state index is 12.8. The molecule has 6 heteroatoms. The topological polar surface area (TPSA) is 78.9 Å². The number of hydrogen-bond acceptors (Lipinski definition) is 6. The first-order valence-corrected chi connectivity index (χ1v) is 27.1. The van der Waals surface area contributed by atoms with Gasteiger partial charge in [0.1, 0.15) is 13.2 Å². The summed E-state index contributed by atoms with van der Waals surface area (Å²) in [7, 11) is 0. The van der Waals surface area contributed by atoms with Gasteiger partial charge in [0.05, 0.1) is 0 Å². The fourth-order valence-corrected chi connectivity index (χ4v) is 7.65. The molecule has 1 atom stereocenters. The summed E-state index contributed by atoms with van der Waals surface area (Å²) in [5, 5.41) is 0. The van der Waals surface area contributed by atoms with Crippen molar-refractivity contribution < 1.29 is 28.6 Å². The van der Waals surface area contributed by atoms with Gasteiger partial charge in [-0.3, -0.25) is 14.4 Å². The summed E-state index contributed by atoms with van der Waals surface area (Å²) in [4.78, 5) is 38.0. The van der Waals surface area contributed by atoms with Crippen LogP contribution in [0.4, 0.5) is 0 Å². The Balaban J connectivity index is 4.33. The molecule has 0 aromatic rings. The number of allylic oxidation sites excluding steroid dienone is 8. The van der Waals surface area contributed by atoms with E-state index in [9.17, 15) is 14.4 Å². The minimum Gasteiger partial charge on any atom is -0.462 e. The van der Waals surface area contributed by atoms with Crippen molar-refractivity contribution in [2.45, 2.75) is 284 Å². The van der Waals surface area contributed by atoms with Crippen LogP contribution in [0.25, 0.3) is 0 Å². The van der Waals surface area contributed by atoms with E-state index < -0.39 is 6.10 Å². The molecule has 0 saturated heterocycles. The zero-order chi connectivity index (χ0) is 45.8. The van der Waals surface area contributed by atoms with Crippen LogP contribution in [0.2, 0.25) is 0 Å². The highest BCUT2D eigenvalue weighted by Gasteiger charge is 2.19. The minimum absolute atomic E-state index is 0.0808. The van der Waals surface area contributed by atoms with E-state index in [0.717, 1.165) is 83.5 Å². The van der Waals surface area contributed by atoms with E-state index in [1.807, 2.05) is 0 Å². The molecule has 0 amide bonds. The lowest BCUT2D eigenvalue weighted by molar-refractivity contribution is -0.167. The van der Waals surface area contributed by atoms with Crippen molar-refractivity contribution in [3.63, 3.8) is 0 Å². The summed E-state index contributed by atoms with van der Waals surface area (Å²) >= 11 is 0. The average Bonchev–Trinajstić information content (AvgIpc) is 3.28. The molecule has 366 valence electrons. The molecular formula is C57H102O6. The normalized spacial score (nSPS) is 12.4. The monoisotopic (exact) mass is 883 g/mol. The van der Waals surface area contributed by atoms with Gasteiger partial charge in [-0.25, -0.2) is 0 Å². The molecule has 6 nitrogen and oxygen atoms in total. The van der Waals surface area contributed by atoms with Gasteiger partial charge in [-0.05, 0) is 96.3 Å². The molecule has 0 rings (SSSR count). The fourth-order valence-electron chi connectivity index (χ4n) is 7.65. The molecule has 0 heterocycles. The van der Waals surface area contributed by atoms with Crippen LogP contribution in [0.3, 0.4) is 0 Å². The Morgan fingerprint density at radius 3 is 0.968 bits per heavy atom. The molecular weight excluding hydrogens is 781 g/mol. The molecule has 0 aromatic heterocycles. The average molecular weight is 883 g/mol. The van der Waals surface area contributed by atoms with Crippen molar-refractivity contribution in [2.24, 2.45) is 0 Å². The molecule has 0 N–H and O–H groups in total. The second kappa shape index (κ2) is 52.0. The molecule has 1 unspecified atom stereocenters. The van der Waals surface area contributed by atoms with Gasteiger partial charge >= 0.3 is 17.9 Å². The predicted octanol–water partition coefficient (Wildman–Crippen LogP) is 17.9. The number of rotatable bonds is 49. The van der Waals surface area contributed by atoms with Crippen molar-refractivity contribution in [2.75, 3.05) is 13.2 Å². The molecule has 0 fully saturated rings.